The fraction of sp³-hybridized carbons (Fsp3) is 0.714. The van der Waals surface area contributed by atoms with Gasteiger partial charge in [0.1, 0.15) is 5.01 Å². The summed E-state index contributed by atoms with van der Waals surface area (Å²) in [5.74, 6) is 0.291. The summed E-state index contributed by atoms with van der Waals surface area (Å²) in [5.41, 5.74) is 0. The van der Waals surface area contributed by atoms with Gasteiger partial charge in [0.2, 0.25) is 5.91 Å². The van der Waals surface area contributed by atoms with Crippen LogP contribution in [0.3, 0.4) is 0 Å². The molecular weight excluding hydrogens is 274 g/mol. The molecule has 1 aromatic rings. The van der Waals surface area contributed by atoms with E-state index in [4.69, 9.17) is 4.74 Å². The van der Waals surface area contributed by atoms with Crippen LogP contribution in [0.4, 0.5) is 0 Å². The first kappa shape index (κ1) is 14.0. The molecule has 0 N–H and O–H groups in total. The fourth-order valence-electron chi connectivity index (χ4n) is 3.42. The second-order valence-electron chi connectivity index (χ2n) is 5.44. The Morgan fingerprint density at radius 3 is 3.10 bits per heavy atom. The minimum Gasteiger partial charge on any atom is -0.383 e. The van der Waals surface area contributed by atoms with Crippen LogP contribution < -0.4 is 0 Å². The van der Waals surface area contributed by atoms with E-state index in [0.29, 0.717) is 31.0 Å². The first-order chi connectivity index (χ1) is 9.79. The average molecular weight is 295 g/mol. The number of piperidine rings is 1. The summed E-state index contributed by atoms with van der Waals surface area (Å²) >= 11 is 1.71. The Morgan fingerprint density at radius 2 is 2.35 bits per heavy atom. The van der Waals surface area contributed by atoms with E-state index in [0.717, 1.165) is 32.5 Å². The molecule has 0 spiro atoms. The Morgan fingerprint density at radius 1 is 1.45 bits per heavy atom. The third-order valence-corrected chi connectivity index (χ3v) is 5.12. The van der Waals surface area contributed by atoms with E-state index in [9.17, 15) is 4.79 Å². The summed E-state index contributed by atoms with van der Waals surface area (Å²) in [5, 5.41) is 3.20. The maximum Gasteiger partial charge on any atom is 0.223 e. The number of hydrogen-bond acceptors (Lipinski definition) is 5. The monoisotopic (exact) mass is 295 g/mol. The van der Waals surface area contributed by atoms with Gasteiger partial charge in [-0.05, 0) is 12.8 Å². The Hall–Kier alpha value is -0.980. The van der Waals surface area contributed by atoms with Gasteiger partial charge in [0.05, 0.1) is 13.2 Å². The topological polar surface area (TPSA) is 45.7 Å². The lowest BCUT2D eigenvalue weighted by atomic mass is 9.96. The lowest BCUT2D eigenvalue weighted by Gasteiger charge is -2.39. The molecule has 3 heterocycles. The summed E-state index contributed by atoms with van der Waals surface area (Å²) in [6.07, 6.45) is 4.59. The van der Waals surface area contributed by atoms with Crippen molar-refractivity contribution in [2.75, 3.05) is 26.8 Å². The van der Waals surface area contributed by atoms with Gasteiger partial charge in [-0.15, -0.1) is 11.3 Å². The zero-order valence-corrected chi connectivity index (χ0v) is 12.6. The normalized spacial score (nSPS) is 27.1. The van der Waals surface area contributed by atoms with Crippen LogP contribution in [-0.4, -0.2) is 59.6 Å². The maximum atomic E-state index is 12.1. The molecule has 0 bridgehead atoms. The largest absolute Gasteiger partial charge is 0.383 e. The van der Waals surface area contributed by atoms with E-state index in [1.54, 1.807) is 18.4 Å². The second kappa shape index (κ2) is 6.20. The number of amides is 1. The predicted molar refractivity (Wildman–Crippen MR) is 77.5 cm³/mol. The van der Waals surface area contributed by atoms with Gasteiger partial charge in [-0.1, -0.05) is 0 Å². The molecule has 3 rings (SSSR count). The van der Waals surface area contributed by atoms with Crippen LogP contribution in [-0.2, 0) is 16.1 Å². The minimum atomic E-state index is 0.291. The molecule has 110 valence electrons. The SMILES string of the molecule is COCCN1C(=O)CC[C@@H]2[C@H]1CCN2Cc1nccs1. The summed E-state index contributed by atoms with van der Waals surface area (Å²) < 4.78 is 5.14. The zero-order valence-electron chi connectivity index (χ0n) is 11.8. The smallest absolute Gasteiger partial charge is 0.223 e. The highest BCUT2D eigenvalue weighted by atomic mass is 32.1. The number of fused-ring (bicyclic) bond motifs is 1. The van der Waals surface area contributed by atoms with E-state index >= 15 is 0 Å². The number of carbonyl (C=O) groups is 1. The van der Waals surface area contributed by atoms with E-state index in [-0.39, 0.29) is 0 Å². The fourth-order valence-corrected chi connectivity index (χ4v) is 4.06. The van der Waals surface area contributed by atoms with Crippen LogP contribution in [0.15, 0.2) is 11.6 Å². The average Bonchev–Trinajstić information content (AvgIpc) is 3.08. The molecule has 20 heavy (non-hydrogen) atoms. The Labute approximate surface area is 123 Å². The molecular formula is C14H21N3O2S. The third kappa shape index (κ3) is 2.73. The molecule has 0 aliphatic carbocycles. The van der Waals surface area contributed by atoms with Crippen molar-refractivity contribution in [2.24, 2.45) is 0 Å². The van der Waals surface area contributed by atoms with Crippen LogP contribution in [0.1, 0.15) is 24.3 Å². The Balaban J connectivity index is 1.67. The van der Waals surface area contributed by atoms with Crippen molar-refractivity contribution < 1.29 is 9.53 Å². The number of aromatic nitrogens is 1. The van der Waals surface area contributed by atoms with E-state index in [2.05, 4.69) is 9.88 Å². The van der Waals surface area contributed by atoms with Crippen molar-refractivity contribution in [1.29, 1.82) is 0 Å². The molecule has 0 unspecified atom stereocenters. The number of methoxy groups -OCH3 is 1. The number of carbonyl (C=O) groups excluding carboxylic acids is 1. The number of rotatable bonds is 5. The summed E-state index contributed by atoms with van der Waals surface area (Å²) in [6, 6.07) is 0.861. The first-order valence-corrected chi connectivity index (χ1v) is 8.08. The van der Waals surface area contributed by atoms with Crippen molar-refractivity contribution in [3.63, 3.8) is 0 Å². The molecule has 2 atom stereocenters. The quantitative estimate of drug-likeness (QED) is 0.823. The van der Waals surface area contributed by atoms with Crippen LogP contribution in [0.25, 0.3) is 0 Å². The van der Waals surface area contributed by atoms with Gasteiger partial charge >= 0.3 is 0 Å². The van der Waals surface area contributed by atoms with Crippen LogP contribution in [0.5, 0.6) is 0 Å². The number of hydrogen-bond donors (Lipinski definition) is 0. The molecule has 0 radical (unpaired) electrons. The maximum absolute atomic E-state index is 12.1. The number of likely N-dealkylation sites (tertiary alicyclic amines) is 2. The lowest BCUT2D eigenvalue weighted by molar-refractivity contribution is -0.138. The highest BCUT2D eigenvalue weighted by Gasteiger charge is 2.42. The molecule has 0 aromatic carbocycles. The summed E-state index contributed by atoms with van der Waals surface area (Å²) in [6.45, 7) is 3.33. The molecule has 2 fully saturated rings. The van der Waals surface area contributed by atoms with E-state index < -0.39 is 0 Å². The number of nitrogens with zero attached hydrogens (tertiary/aromatic N) is 3. The van der Waals surface area contributed by atoms with Gasteiger partial charge < -0.3 is 9.64 Å². The van der Waals surface area contributed by atoms with E-state index in [1.807, 2.05) is 16.5 Å². The van der Waals surface area contributed by atoms with Crippen molar-refractivity contribution in [3.8, 4) is 0 Å². The molecule has 2 aliphatic heterocycles. The molecule has 2 saturated heterocycles. The molecule has 5 nitrogen and oxygen atoms in total. The Kier molecular flexibility index (Phi) is 4.33. The summed E-state index contributed by atoms with van der Waals surface area (Å²) in [7, 11) is 1.69. The highest BCUT2D eigenvalue weighted by Crippen LogP contribution is 2.32. The first-order valence-electron chi connectivity index (χ1n) is 7.20. The van der Waals surface area contributed by atoms with E-state index in [1.165, 1.54) is 5.01 Å². The standard InChI is InChI=1S/C14H21N3O2S/c1-19-8-7-17-12-4-6-16(10-13-15-5-9-20-13)11(12)2-3-14(17)18/h5,9,11-12H,2-4,6-8,10H2,1H3/t11-,12-/m1/s1. The summed E-state index contributed by atoms with van der Waals surface area (Å²) in [4.78, 5) is 21.0. The number of ether oxygens (including phenoxy) is 1. The van der Waals surface area contributed by atoms with Gasteiger partial charge in [-0.25, -0.2) is 4.98 Å². The second-order valence-corrected chi connectivity index (χ2v) is 6.42. The van der Waals surface area contributed by atoms with Crippen molar-refractivity contribution >= 4 is 17.2 Å². The molecule has 2 aliphatic rings. The Bertz CT molecular complexity index is 451. The minimum absolute atomic E-state index is 0.291. The van der Waals surface area contributed by atoms with Crippen molar-refractivity contribution in [2.45, 2.75) is 37.9 Å². The van der Waals surface area contributed by atoms with Gasteiger partial charge in [-0.3, -0.25) is 9.69 Å². The molecule has 1 aromatic heterocycles. The van der Waals surface area contributed by atoms with Crippen molar-refractivity contribution in [3.05, 3.63) is 16.6 Å². The van der Waals surface area contributed by atoms with Gasteiger partial charge in [0, 0.05) is 50.3 Å². The van der Waals surface area contributed by atoms with Crippen LogP contribution >= 0.6 is 11.3 Å². The lowest BCUT2D eigenvalue weighted by Crippen LogP contribution is -2.52. The molecule has 0 saturated carbocycles. The van der Waals surface area contributed by atoms with Crippen LogP contribution in [0, 0.1) is 0 Å². The zero-order chi connectivity index (χ0) is 13.9. The molecule has 6 heteroatoms. The molecule has 1 amide bonds. The third-order valence-electron chi connectivity index (χ3n) is 4.36. The van der Waals surface area contributed by atoms with Gasteiger partial charge in [0.25, 0.3) is 0 Å². The number of thiazole rings is 1. The van der Waals surface area contributed by atoms with Crippen molar-refractivity contribution in [1.82, 2.24) is 14.8 Å². The van der Waals surface area contributed by atoms with Crippen LogP contribution in [0.2, 0.25) is 0 Å². The highest BCUT2D eigenvalue weighted by molar-refractivity contribution is 7.09. The predicted octanol–water partition coefficient (Wildman–Crippen LogP) is 1.35. The van der Waals surface area contributed by atoms with Gasteiger partial charge in [0.15, 0.2) is 0 Å². The van der Waals surface area contributed by atoms with Gasteiger partial charge in [-0.2, -0.15) is 0 Å².